The number of phenolic OH excluding ortho intramolecular Hbond substituents is 1. The Morgan fingerprint density at radius 3 is 2.55 bits per heavy atom. The maximum absolute atomic E-state index is 12.1. The van der Waals surface area contributed by atoms with Crippen molar-refractivity contribution >= 4 is 17.7 Å². The molecule has 0 aromatic heterocycles. The summed E-state index contributed by atoms with van der Waals surface area (Å²) in [4.78, 5) is 12.1. The molecule has 0 radical (unpaired) electrons. The molecule has 0 aliphatic heterocycles. The molecule has 0 spiro atoms. The molecule has 0 saturated carbocycles. The SMILES string of the molecule is COc1ccccc1/C=C(\C#N)C(=O)Nc1ccc(O)cc1. The Kier molecular flexibility index (Phi) is 4.78. The van der Waals surface area contributed by atoms with E-state index in [9.17, 15) is 15.2 Å². The number of rotatable bonds is 4. The summed E-state index contributed by atoms with van der Waals surface area (Å²) < 4.78 is 5.19. The van der Waals surface area contributed by atoms with Crippen LogP contribution < -0.4 is 10.1 Å². The summed E-state index contributed by atoms with van der Waals surface area (Å²) in [6.07, 6.45) is 1.47. The quantitative estimate of drug-likeness (QED) is 0.516. The Hall–Kier alpha value is -3.26. The number of para-hydroxylation sites is 1. The van der Waals surface area contributed by atoms with E-state index in [4.69, 9.17) is 4.74 Å². The van der Waals surface area contributed by atoms with Crippen molar-refractivity contribution in [3.8, 4) is 17.6 Å². The number of carbonyl (C=O) groups is 1. The van der Waals surface area contributed by atoms with E-state index < -0.39 is 5.91 Å². The van der Waals surface area contributed by atoms with Crippen molar-refractivity contribution in [3.05, 3.63) is 59.7 Å². The predicted molar refractivity (Wildman–Crippen MR) is 83.3 cm³/mol. The van der Waals surface area contributed by atoms with Gasteiger partial charge in [-0.15, -0.1) is 0 Å². The van der Waals surface area contributed by atoms with Crippen LogP contribution in [0.15, 0.2) is 54.1 Å². The van der Waals surface area contributed by atoms with Gasteiger partial charge in [-0.25, -0.2) is 0 Å². The molecule has 5 nitrogen and oxygen atoms in total. The number of amides is 1. The second-order valence-electron chi connectivity index (χ2n) is 4.41. The number of methoxy groups -OCH3 is 1. The molecule has 22 heavy (non-hydrogen) atoms. The molecule has 0 unspecified atom stereocenters. The van der Waals surface area contributed by atoms with Gasteiger partial charge in [0.15, 0.2) is 0 Å². The summed E-state index contributed by atoms with van der Waals surface area (Å²) in [6.45, 7) is 0. The zero-order chi connectivity index (χ0) is 15.9. The number of nitrogens with zero attached hydrogens (tertiary/aromatic N) is 1. The lowest BCUT2D eigenvalue weighted by Gasteiger charge is -2.06. The van der Waals surface area contributed by atoms with E-state index in [-0.39, 0.29) is 11.3 Å². The molecule has 0 fully saturated rings. The number of nitriles is 1. The maximum atomic E-state index is 12.1. The van der Waals surface area contributed by atoms with Crippen molar-refractivity contribution in [1.29, 1.82) is 5.26 Å². The number of hydrogen-bond donors (Lipinski definition) is 2. The van der Waals surface area contributed by atoms with Crippen LogP contribution in [0.5, 0.6) is 11.5 Å². The summed E-state index contributed by atoms with van der Waals surface area (Å²) in [5.41, 5.74) is 1.09. The van der Waals surface area contributed by atoms with E-state index in [2.05, 4.69) is 5.32 Å². The summed E-state index contributed by atoms with van der Waals surface area (Å²) in [5.74, 6) is 0.148. The van der Waals surface area contributed by atoms with Crippen LogP contribution in [-0.4, -0.2) is 18.1 Å². The molecule has 0 saturated heterocycles. The fourth-order valence-electron chi connectivity index (χ4n) is 1.83. The third-order valence-corrected chi connectivity index (χ3v) is 2.93. The first-order valence-electron chi connectivity index (χ1n) is 6.49. The Labute approximate surface area is 128 Å². The highest BCUT2D eigenvalue weighted by molar-refractivity contribution is 6.09. The standard InChI is InChI=1S/C17H14N2O3/c1-22-16-5-3-2-4-12(16)10-13(11-18)17(21)19-14-6-8-15(20)9-7-14/h2-10,20H,1H3,(H,19,21)/b13-10+. The number of ether oxygens (including phenoxy) is 1. The molecule has 2 N–H and O–H groups in total. The molecule has 0 aliphatic rings. The van der Waals surface area contributed by atoms with E-state index in [1.54, 1.807) is 36.4 Å². The highest BCUT2D eigenvalue weighted by atomic mass is 16.5. The minimum Gasteiger partial charge on any atom is -0.508 e. The van der Waals surface area contributed by atoms with Crippen molar-refractivity contribution in [2.24, 2.45) is 0 Å². The van der Waals surface area contributed by atoms with E-state index in [1.165, 1.54) is 25.3 Å². The fourth-order valence-corrected chi connectivity index (χ4v) is 1.83. The average molecular weight is 294 g/mol. The molecule has 110 valence electrons. The van der Waals surface area contributed by atoms with Gasteiger partial charge in [-0.2, -0.15) is 5.26 Å². The molecule has 1 amide bonds. The Morgan fingerprint density at radius 1 is 1.23 bits per heavy atom. The minimum absolute atomic E-state index is 0.0439. The maximum Gasteiger partial charge on any atom is 0.266 e. The van der Waals surface area contributed by atoms with Gasteiger partial charge in [0.2, 0.25) is 0 Å². The minimum atomic E-state index is -0.529. The fraction of sp³-hybridized carbons (Fsp3) is 0.0588. The summed E-state index contributed by atoms with van der Waals surface area (Å²) in [6, 6.07) is 15.0. The van der Waals surface area contributed by atoms with Gasteiger partial charge in [-0.05, 0) is 36.4 Å². The molecule has 0 atom stereocenters. The number of benzene rings is 2. The van der Waals surface area contributed by atoms with Gasteiger partial charge in [-0.1, -0.05) is 18.2 Å². The molecule has 5 heteroatoms. The predicted octanol–water partition coefficient (Wildman–Crippen LogP) is 2.95. The monoisotopic (exact) mass is 294 g/mol. The zero-order valence-corrected chi connectivity index (χ0v) is 11.9. The van der Waals surface area contributed by atoms with Crippen LogP contribution in [0, 0.1) is 11.3 Å². The van der Waals surface area contributed by atoms with Crippen LogP contribution in [0.25, 0.3) is 6.08 Å². The first kappa shape index (κ1) is 15.1. The summed E-state index contributed by atoms with van der Waals surface area (Å²) in [7, 11) is 1.52. The third-order valence-electron chi connectivity index (χ3n) is 2.93. The van der Waals surface area contributed by atoms with Crippen LogP contribution in [0.1, 0.15) is 5.56 Å². The first-order valence-corrected chi connectivity index (χ1v) is 6.49. The number of carbonyl (C=O) groups excluding carboxylic acids is 1. The number of hydrogen-bond acceptors (Lipinski definition) is 4. The van der Waals surface area contributed by atoms with E-state index in [1.807, 2.05) is 6.07 Å². The van der Waals surface area contributed by atoms with E-state index >= 15 is 0 Å². The number of anilines is 1. The van der Waals surface area contributed by atoms with Crippen LogP contribution in [0.2, 0.25) is 0 Å². The summed E-state index contributed by atoms with van der Waals surface area (Å²) in [5, 5.41) is 21.0. The van der Waals surface area contributed by atoms with Crippen molar-refractivity contribution in [3.63, 3.8) is 0 Å². The molecule has 2 aromatic rings. The van der Waals surface area contributed by atoms with Crippen LogP contribution >= 0.6 is 0 Å². The number of aromatic hydroxyl groups is 1. The highest BCUT2D eigenvalue weighted by Gasteiger charge is 2.11. The van der Waals surface area contributed by atoms with Gasteiger partial charge in [0.05, 0.1) is 7.11 Å². The molecule has 0 bridgehead atoms. The zero-order valence-electron chi connectivity index (χ0n) is 11.9. The van der Waals surface area contributed by atoms with Gasteiger partial charge in [0, 0.05) is 11.3 Å². The smallest absolute Gasteiger partial charge is 0.266 e. The van der Waals surface area contributed by atoms with Gasteiger partial charge in [-0.3, -0.25) is 4.79 Å². The summed E-state index contributed by atoms with van der Waals surface area (Å²) >= 11 is 0. The van der Waals surface area contributed by atoms with Crippen molar-refractivity contribution in [2.75, 3.05) is 12.4 Å². The van der Waals surface area contributed by atoms with Crippen LogP contribution in [0.3, 0.4) is 0 Å². The lowest BCUT2D eigenvalue weighted by molar-refractivity contribution is -0.112. The van der Waals surface area contributed by atoms with Crippen molar-refractivity contribution < 1.29 is 14.6 Å². The molecule has 0 aliphatic carbocycles. The second kappa shape index (κ2) is 6.95. The van der Waals surface area contributed by atoms with Gasteiger partial charge < -0.3 is 15.2 Å². The van der Waals surface area contributed by atoms with Crippen molar-refractivity contribution in [2.45, 2.75) is 0 Å². The number of phenols is 1. The van der Waals surface area contributed by atoms with Gasteiger partial charge in [0.25, 0.3) is 5.91 Å². The Morgan fingerprint density at radius 2 is 1.91 bits per heavy atom. The molecular weight excluding hydrogens is 280 g/mol. The average Bonchev–Trinajstić information content (AvgIpc) is 2.55. The normalized spacial score (nSPS) is 10.6. The van der Waals surface area contributed by atoms with Crippen LogP contribution in [0.4, 0.5) is 5.69 Å². The Bertz CT molecular complexity index is 743. The van der Waals surface area contributed by atoms with E-state index in [0.717, 1.165) is 0 Å². The van der Waals surface area contributed by atoms with Gasteiger partial charge >= 0.3 is 0 Å². The second-order valence-corrected chi connectivity index (χ2v) is 4.41. The largest absolute Gasteiger partial charge is 0.508 e. The molecule has 0 heterocycles. The Balaban J connectivity index is 2.24. The molecular formula is C17H14N2O3. The molecule has 2 rings (SSSR count). The highest BCUT2D eigenvalue weighted by Crippen LogP contribution is 2.21. The van der Waals surface area contributed by atoms with Crippen LogP contribution in [-0.2, 0) is 4.79 Å². The van der Waals surface area contributed by atoms with Crippen molar-refractivity contribution in [1.82, 2.24) is 0 Å². The van der Waals surface area contributed by atoms with Gasteiger partial charge in [0.1, 0.15) is 23.1 Å². The lowest BCUT2D eigenvalue weighted by Crippen LogP contribution is -2.13. The number of nitrogens with one attached hydrogen (secondary N) is 1. The van der Waals surface area contributed by atoms with E-state index in [0.29, 0.717) is 17.0 Å². The lowest BCUT2D eigenvalue weighted by atomic mass is 10.1. The third kappa shape index (κ3) is 3.64. The topological polar surface area (TPSA) is 82.3 Å². The molecule has 2 aromatic carbocycles. The first-order chi connectivity index (χ1) is 10.6.